The van der Waals surface area contributed by atoms with Crippen molar-refractivity contribution in [3.05, 3.63) is 87.9 Å². The number of nitrogens with zero attached hydrogens (tertiary/aromatic N) is 2. The minimum Gasteiger partial charge on any atom is -0.497 e. The summed E-state index contributed by atoms with van der Waals surface area (Å²) >= 11 is 13.0. The first-order valence-corrected chi connectivity index (χ1v) is 16.2. The molecule has 0 fully saturated rings. The van der Waals surface area contributed by atoms with Gasteiger partial charge < -0.3 is 19.7 Å². The molecular formula is C31H37Cl2N3O6S. The molecule has 232 valence electrons. The molecule has 3 aromatic rings. The van der Waals surface area contributed by atoms with Gasteiger partial charge in [0.25, 0.3) is 0 Å². The number of rotatable bonds is 14. The molecule has 0 radical (unpaired) electrons. The van der Waals surface area contributed by atoms with Crippen molar-refractivity contribution in [1.29, 1.82) is 0 Å². The van der Waals surface area contributed by atoms with Crippen molar-refractivity contribution >= 4 is 50.7 Å². The molecule has 1 atom stereocenters. The first kappa shape index (κ1) is 34.0. The topological polar surface area (TPSA) is 105 Å². The average molecular weight is 651 g/mol. The number of ether oxygens (including phenoxy) is 2. The van der Waals surface area contributed by atoms with E-state index in [4.69, 9.17) is 32.7 Å². The number of sulfonamides is 1. The molecule has 0 aliphatic carbocycles. The lowest BCUT2D eigenvalue weighted by molar-refractivity contribution is -0.140. The fraction of sp³-hybridized carbons (Fsp3) is 0.355. The molecule has 3 rings (SSSR count). The summed E-state index contributed by atoms with van der Waals surface area (Å²) in [5, 5.41) is 3.55. The summed E-state index contributed by atoms with van der Waals surface area (Å²) in [7, 11) is -1.18. The second kappa shape index (κ2) is 15.3. The average Bonchev–Trinajstić information content (AvgIpc) is 2.97. The number of hydrogen-bond donors (Lipinski definition) is 1. The predicted molar refractivity (Wildman–Crippen MR) is 171 cm³/mol. The summed E-state index contributed by atoms with van der Waals surface area (Å²) in [6.45, 7) is 3.54. The van der Waals surface area contributed by atoms with Gasteiger partial charge in [-0.3, -0.25) is 13.9 Å². The van der Waals surface area contributed by atoms with Gasteiger partial charge in [-0.25, -0.2) is 8.42 Å². The van der Waals surface area contributed by atoms with Gasteiger partial charge in [-0.15, -0.1) is 0 Å². The Labute approximate surface area is 263 Å². The predicted octanol–water partition coefficient (Wildman–Crippen LogP) is 5.19. The van der Waals surface area contributed by atoms with E-state index >= 15 is 0 Å². The Balaban J connectivity index is 2.15. The second-order valence-electron chi connectivity index (χ2n) is 10.4. The lowest BCUT2D eigenvalue weighted by atomic mass is 10.0. The van der Waals surface area contributed by atoms with Gasteiger partial charge in [0.15, 0.2) is 0 Å². The molecule has 0 heterocycles. The van der Waals surface area contributed by atoms with Crippen molar-refractivity contribution in [1.82, 2.24) is 10.2 Å². The summed E-state index contributed by atoms with van der Waals surface area (Å²) in [5.41, 5.74) is 1.35. The van der Waals surface area contributed by atoms with Crippen molar-refractivity contribution in [3.8, 4) is 11.5 Å². The van der Waals surface area contributed by atoms with Crippen LogP contribution in [0.5, 0.6) is 11.5 Å². The fourth-order valence-corrected chi connectivity index (χ4v) is 5.78. The number of anilines is 1. The van der Waals surface area contributed by atoms with Crippen molar-refractivity contribution in [2.75, 3.05) is 37.9 Å². The minimum absolute atomic E-state index is 0.109. The summed E-state index contributed by atoms with van der Waals surface area (Å²) in [6, 6.07) is 17.8. The minimum atomic E-state index is -4.02. The summed E-state index contributed by atoms with van der Waals surface area (Å²) in [6.07, 6.45) is 1.16. The standard InChI is InChI=1S/C31H37Cl2N3O6S/c1-21(2)18-34-31(38)28(16-22-10-7-6-8-11-22)35(19-24-25(32)12-9-13-26(24)33)30(37)20-36(43(5,39)40)27-17-23(41-3)14-15-29(27)42-4/h6-15,17,21,28H,16,18-20H2,1-5H3,(H,34,38)/t28-/m0/s1. The number of carbonyl (C=O) groups is 2. The molecule has 0 unspecified atom stereocenters. The Bertz CT molecular complexity index is 1500. The molecule has 0 aromatic heterocycles. The lowest BCUT2D eigenvalue weighted by Gasteiger charge is -2.34. The van der Waals surface area contributed by atoms with Crippen LogP contribution in [0.3, 0.4) is 0 Å². The van der Waals surface area contributed by atoms with Gasteiger partial charge in [0.05, 0.1) is 26.2 Å². The molecule has 2 amide bonds. The van der Waals surface area contributed by atoms with E-state index in [1.807, 2.05) is 44.2 Å². The summed E-state index contributed by atoms with van der Waals surface area (Å²) in [4.78, 5) is 29.4. The van der Waals surface area contributed by atoms with Crippen LogP contribution in [0, 0.1) is 5.92 Å². The smallest absolute Gasteiger partial charge is 0.244 e. The Morgan fingerprint density at radius 3 is 2.14 bits per heavy atom. The zero-order chi connectivity index (χ0) is 31.7. The van der Waals surface area contributed by atoms with E-state index in [2.05, 4.69) is 5.32 Å². The van der Waals surface area contributed by atoms with E-state index in [9.17, 15) is 18.0 Å². The maximum absolute atomic E-state index is 14.3. The Kier molecular flexibility index (Phi) is 12.1. The van der Waals surface area contributed by atoms with Crippen molar-refractivity contribution in [3.63, 3.8) is 0 Å². The van der Waals surface area contributed by atoms with Crippen LogP contribution in [0.4, 0.5) is 5.69 Å². The van der Waals surface area contributed by atoms with E-state index in [0.717, 1.165) is 16.1 Å². The first-order valence-electron chi connectivity index (χ1n) is 13.6. The van der Waals surface area contributed by atoms with Gasteiger partial charge >= 0.3 is 0 Å². The van der Waals surface area contributed by atoms with Gasteiger partial charge in [0.1, 0.15) is 24.1 Å². The second-order valence-corrected chi connectivity index (χ2v) is 13.1. The zero-order valence-electron chi connectivity index (χ0n) is 24.8. The lowest BCUT2D eigenvalue weighted by Crippen LogP contribution is -2.53. The van der Waals surface area contributed by atoms with Crippen LogP contribution in [0.1, 0.15) is 25.0 Å². The molecule has 43 heavy (non-hydrogen) atoms. The summed E-state index contributed by atoms with van der Waals surface area (Å²) < 4.78 is 37.9. The normalized spacial score (nSPS) is 12.0. The van der Waals surface area contributed by atoms with E-state index < -0.39 is 28.5 Å². The first-order chi connectivity index (χ1) is 20.3. The highest BCUT2D eigenvalue weighted by Gasteiger charge is 2.34. The number of nitrogens with one attached hydrogen (secondary N) is 1. The van der Waals surface area contributed by atoms with Crippen LogP contribution in [0.15, 0.2) is 66.7 Å². The Morgan fingerprint density at radius 1 is 0.930 bits per heavy atom. The van der Waals surface area contributed by atoms with Gasteiger partial charge in [-0.1, -0.05) is 73.4 Å². The van der Waals surface area contributed by atoms with E-state index in [1.165, 1.54) is 25.2 Å². The van der Waals surface area contributed by atoms with Crippen molar-refractivity contribution < 1.29 is 27.5 Å². The Morgan fingerprint density at radius 2 is 1.58 bits per heavy atom. The van der Waals surface area contributed by atoms with Crippen molar-refractivity contribution in [2.24, 2.45) is 5.92 Å². The maximum atomic E-state index is 14.3. The number of halogens is 2. The third-order valence-electron chi connectivity index (χ3n) is 6.68. The molecule has 0 spiro atoms. The Hall–Kier alpha value is -3.47. The third kappa shape index (κ3) is 9.26. The highest BCUT2D eigenvalue weighted by molar-refractivity contribution is 7.92. The molecular weight excluding hydrogens is 613 g/mol. The van der Waals surface area contributed by atoms with Gasteiger partial charge in [0, 0.05) is 41.2 Å². The number of methoxy groups -OCH3 is 2. The molecule has 1 N–H and O–H groups in total. The monoisotopic (exact) mass is 649 g/mol. The van der Waals surface area contributed by atoms with E-state index in [0.29, 0.717) is 27.9 Å². The fourth-order valence-electron chi connectivity index (χ4n) is 4.42. The van der Waals surface area contributed by atoms with Gasteiger partial charge in [-0.05, 0) is 35.7 Å². The van der Waals surface area contributed by atoms with Gasteiger partial charge in [0.2, 0.25) is 21.8 Å². The van der Waals surface area contributed by atoms with E-state index in [-0.39, 0.29) is 36.2 Å². The summed E-state index contributed by atoms with van der Waals surface area (Å²) in [5.74, 6) is -0.294. The van der Waals surface area contributed by atoms with Crippen LogP contribution < -0.4 is 19.1 Å². The molecule has 0 bridgehead atoms. The molecule has 0 aliphatic rings. The van der Waals surface area contributed by atoms with Crippen molar-refractivity contribution in [2.45, 2.75) is 32.9 Å². The molecule has 0 saturated heterocycles. The highest BCUT2D eigenvalue weighted by Crippen LogP contribution is 2.34. The maximum Gasteiger partial charge on any atom is 0.244 e. The molecule has 3 aromatic carbocycles. The quantitative estimate of drug-likeness (QED) is 0.258. The van der Waals surface area contributed by atoms with Crippen LogP contribution in [0.25, 0.3) is 0 Å². The number of hydrogen-bond acceptors (Lipinski definition) is 6. The third-order valence-corrected chi connectivity index (χ3v) is 8.51. The number of benzene rings is 3. The van der Waals surface area contributed by atoms with Crippen LogP contribution >= 0.6 is 23.2 Å². The van der Waals surface area contributed by atoms with Crippen LogP contribution in [-0.2, 0) is 32.6 Å². The highest BCUT2D eigenvalue weighted by atomic mass is 35.5. The van der Waals surface area contributed by atoms with Gasteiger partial charge in [-0.2, -0.15) is 0 Å². The van der Waals surface area contributed by atoms with E-state index in [1.54, 1.807) is 30.3 Å². The SMILES string of the molecule is COc1ccc(OC)c(N(CC(=O)N(Cc2c(Cl)cccc2Cl)[C@@H](Cc2ccccc2)C(=O)NCC(C)C)S(C)(=O)=O)c1. The van der Waals surface area contributed by atoms with Crippen LogP contribution in [-0.4, -0.2) is 64.7 Å². The van der Waals surface area contributed by atoms with Crippen LogP contribution in [0.2, 0.25) is 10.0 Å². The molecule has 9 nitrogen and oxygen atoms in total. The number of amides is 2. The largest absolute Gasteiger partial charge is 0.497 e. The molecule has 0 saturated carbocycles. The number of carbonyl (C=O) groups excluding carboxylic acids is 2. The zero-order valence-corrected chi connectivity index (χ0v) is 27.2. The molecule has 12 heteroatoms. The molecule has 0 aliphatic heterocycles.